The predicted molar refractivity (Wildman–Crippen MR) is 47.0 cm³/mol. The molecule has 3 unspecified atom stereocenters. The molecule has 3 heteroatoms. The molecule has 12 heavy (non-hydrogen) atoms. The minimum absolute atomic E-state index is 0.389. The Morgan fingerprint density at radius 2 is 2.08 bits per heavy atom. The molecule has 0 aromatic heterocycles. The monoisotopic (exact) mass is 168 g/mol. The Kier molecular flexibility index (Phi) is 1.95. The number of nitrogens with zero attached hydrogens (tertiary/aromatic N) is 1. The van der Waals surface area contributed by atoms with Gasteiger partial charge in [-0.2, -0.15) is 0 Å². The molecule has 0 aliphatic heterocycles. The molecule has 0 heterocycles. The zero-order valence-corrected chi connectivity index (χ0v) is 7.24. The summed E-state index contributed by atoms with van der Waals surface area (Å²) in [6.07, 6.45) is 6.51. The second-order valence-electron chi connectivity index (χ2n) is 4.08. The highest BCUT2D eigenvalue weighted by molar-refractivity contribution is 5.83. The number of hydrogen-bond acceptors (Lipinski definition) is 2. The average Bonchev–Trinajstić information content (AvgIpc) is 2.07. The van der Waals surface area contributed by atoms with Crippen molar-refractivity contribution in [2.24, 2.45) is 28.6 Å². The van der Waals surface area contributed by atoms with Crippen molar-refractivity contribution < 1.29 is 5.21 Å². The largest absolute Gasteiger partial charge is 0.409 e. The van der Waals surface area contributed by atoms with Gasteiger partial charge in [0.15, 0.2) is 0 Å². The van der Waals surface area contributed by atoms with E-state index < -0.39 is 0 Å². The van der Waals surface area contributed by atoms with E-state index in [1.807, 2.05) is 0 Å². The van der Waals surface area contributed by atoms with Gasteiger partial charge >= 0.3 is 0 Å². The van der Waals surface area contributed by atoms with E-state index in [2.05, 4.69) is 5.16 Å². The fraction of sp³-hybridized carbons (Fsp3) is 0.889. The number of nitrogens with two attached hydrogens (primary N) is 1. The van der Waals surface area contributed by atoms with Gasteiger partial charge in [-0.3, -0.25) is 0 Å². The second-order valence-corrected chi connectivity index (χ2v) is 4.08. The van der Waals surface area contributed by atoms with Crippen LogP contribution >= 0.6 is 0 Å². The molecule has 3 N–H and O–H groups in total. The summed E-state index contributed by atoms with van der Waals surface area (Å²) in [6, 6.07) is 0. The van der Waals surface area contributed by atoms with Gasteiger partial charge in [-0.15, -0.1) is 0 Å². The van der Waals surface area contributed by atoms with E-state index in [1.165, 1.54) is 25.7 Å². The van der Waals surface area contributed by atoms with Crippen molar-refractivity contribution in [2.45, 2.75) is 32.1 Å². The highest BCUT2D eigenvalue weighted by Crippen LogP contribution is 2.49. The zero-order chi connectivity index (χ0) is 8.55. The second kappa shape index (κ2) is 2.96. The molecular weight excluding hydrogens is 152 g/mol. The van der Waals surface area contributed by atoms with Gasteiger partial charge in [0, 0.05) is 5.92 Å². The lowest BCUT2D eigenvalue weighted by Crippen LogP contribution is -2.46. The van der Waals surface area contributed by atoms with Gasteiger partial charge in [-0.25, -0.2) is 0 Å². The zero-order valence-electron chi connectivity index (χ0n) is 7.24. The van der Waals surface area contributed by atoms with Crippen molar-refractivity contribution in [3.63, 3.8) is 0 Å². The Balaban J connectivity index is 1.97. The lowest BCUT2D eigenvalue weighted by atomic mass is 9.58. The van der Waals surface area contributed by atoms with Crippen molar-refractivity contribution >= 4 is 5.84 Å². The van der Waals surface area contributed by atoms with Crippen LogP contribution < -0.4 is 5.73 Å². The van der Waals surface area contributed by atoms with Crippen LogP contribution in [0, 0.1) is 17.8 Å². The predicted octanol–water partition coefficient (Wildman–Crippen LogP) is 1.56. The van der Waals surface area contributed by atoms with Crippen LogP contribution in [0.3, 0.4) is 0 Å². The Bertz CT molecular complexity index is 203. The molecule has 0 spiro atoms. The number of fused-ring (bicyclic) bond motifs is 1. The molecule has 0 radical (unpaired) electrons. The Labute approximate surface area is 72.6 Å². The van der Waals surface area contributed by atoms with Gasteiger partial charge in [-0.1, -0.05) is 24.4 Å². The van der Waals surface area contributed by atoms with E-state index in [0.29, 0.717) is 11.8 Å². The molecule has 68 valence electrons. The molecule has 3 atom stereocenters. The van der Waals surface area contributed by atoms with Crippen LogP contribution in [0.5, 0.6) is 0 Å². The minimum atomic E-state index is 0.389. The molecule has 0 bridgehead atoms. The fourth-order valence-corrected chi connectivity index (χ4v) is 2.78. The number of hydrogen-bond donors (Lipinski definition) is 2. The normalized spacial score (nSPS) is 41.7. The van der Waals surface area contributed by atoms with E-state index in [-0.39, 0.29) is 0 Å². The maximum Gasteiger partial charge on any atom is 0.142 e. The summed E-state index contributed by atoms with van der Waals surface area (Å²) in [5.74, 6) is 2.46. The minimum Gasteiger partial charge on any atom is -0.409 e. The van der Waals surface area contributed by atoms with Gasteiger partial charge < -0.3 is 10.9 Å². The Morgan fingerprint density at radius 1 is 1.33 bits per heavy atom. The number of amidine groups is 1. The van der Waals surface area contributed by atoms with Crippen molar-refractivity contribution in [1.29, 1.82) is 0 Å². The summed E-state index contributed by atoms with van der Waals surface area (Å²) in [7, 11) is 0. The molecule has 0 aromatic carbocycles. The SMILES string of the molecule is N/C(=N\O)C1CC2CCCCC21. The first kappa shape index (κ1) is 7.90. The van der Waals surface area contributed by atoms with Gasteiger partial charge in [-0.05, 0) is 24.7 Å². The van der Waals surface area contributed by atoms with Crippen LogP contribution in [0.25, 0.3) is 0 Å². The molecular formula is C9H16N2O. The van der Waals surface area contributed by atoms with E-state index in [0.717, 1.165) is 18.3 Å². The quantitative estimate of drug-likeness (QED) is 0.270. The summed E-state index contributed by atoms with van der Waals surface area (Å²) in [5.41, 5.74) is 5.59. The lowest BCUT2D eigenvalue weighted by molar-refractivity contribution is 0.0694. The molecule has 0 amide bonds. The summed E-state index contributed by atoms with van der Waals surface area (Å²) in [5, 5.41) is 11.6. The summed E-state index contributed by atoms with van der Waals surface area (Å²) >= 11 is 0. The molecule has 0 saturated heterocycles. The van der Waals surface area contributed by atoms with Crippen LogP contribution in [-0.2, 0) is 0 Å². The van der Waals surface area contributed by atoms with Crippen molar-refractivity contribution in [3.05, 3.63) is 0 Å². The van der Waals surface area contributed by atoms with Crippen molar-refractivity contribution in [2.75, 3.05) is 0 Å². The molecule has 2 aliphatic carbocycles. The van der Waals surface area contributed by atoms with E-state index in [9.17, 15) is 0 Å². The first-order valence-electron chi connectivity index (χ1n) is 4.80. The molecule has 2 aliphatic rings. The highest BCUT2D eigenvalue weighted by Gasteiger charge is 2.43. The maximum atomic E-state index is 8.52. The van der Waals surface area contributed by atoms with Gasteiger partial charge in [0.1, 0.15) is 5.84 Å². The van der Waals surface area contributed by atoms with E-state index >= 15 is 0 Å². The third-order valence-electron chi connectivity index (χ3n) is 3.54. The fourth-order valence-electron chi connectivity index (χ4n) is 2.78. The average molecular weight is 168 g/mol. The molecule has 2 saturated carbocycles. The third kappa shape index (κ3) is 1.08. The van der Waals surface area contributed by atoms with Crippen LogP contribution in [-0.4, -0.2) is 11.0 Å². The van der Waals surface area contributed by atoms with Crippen LogP contribution in [0.4, 0.5) is 0 Å². The van der Waals surface area contributed by atoms with Crippen LogP contribution in [0.1, 0.15) is 32.1 Å². The number of oxime groups is 1. The van der Waals surface area contributed by atoms with Crippen LogP contribution in [0.15, 0.2) is 5.16 Å². The van der Waals surface area contributed by atoms with Crippen LogP contribution in [0.2, 0.25) is 0 Å². The van der Waals surface area contributed by atoms with E-state index in [4.69, 9.17) is 10.9 Å². The highest BCUT2D eigenvalue weighted by atomic mass is 16.4. The number of rotatable bonds is 1. The van der Waals surface area contributed by atoms with Gasteiger partial charge in [0.2, 0.25) is 0 Å². The topological polar surface area (TPSA) is 58.6 Å². The van der Waals surface area contributed by atoms with Gasteiger partial charge in [0.25, 0.3) is 0 Å². The first-order chi connectivity index (χ1) is 5.83. The molecule has 3 nitrogen and oxygen atoms in total. The summed E-state index contributed by atoms with van der Waals surface area (Å²) < 4.78 is 0. The first-order valence-corrected chi connectivity index (χ1v) is 4.80. The lowest BCUT2D eigenvalue weighted by Gasteiger charge is -2.47. The smallest absolute Gasteiger partial charge is 0.142 e. The van der Waals surface area contributed by atoms with E-state index in [1.54, 1.807) is 0 Å². The van der Waals surface area contributed by atoms with Gasteiger partial charge in [0.05, 0.1) is 0 Å². The third-order valence-corrected chi connectivity index (χ3v) is 3.54. The molecule has 2 rings (SSSR count). The molecule has 0 aromatic rings. The Morgan fingerprint density at radius 3 is 2.75 bits per heavy atom. The standard InChI is InChI=1S/C9H16N2O/c10-9(11-12)8-5-6-3-1-2-4-7(6)8/h6-8,12H,1-5H2,(H2,10,11). The summed E-state index contributed by atoms with van der Waals surface area (Å²) in [4.78, 5) is 0. The molecule has 2 fully saturated rings. The Hall–Kier alpha value is -0.730. The maximum absolute atomic E-state index is 8.52. The van der Waals surface area contributed by atoms with Crippen molar-refractivity contribution in [3.8, 4) is 0 Å². The summed E-state index contributed by atoms with van der Waals surface area (Å²) in [6.45, 7) is 0. The van der Waals surface area contributed by atoms with Crippen molar-refractivity contribution in [1.82, 2.24) is 0 Å².